The van der Waals surface area contributed by atoms with Crippen molar-refractivity contribution < 1.29 is 32.2 Å². The van der Waals surface area contributed by atoms with E-state index in [1.54, 1.807) is 18.7 Å². The first-order valence-corrected chi connectivity index (χ1v) is 13.5. The van der Waals surface area contributed by atoms with Crippen molar-refractivity contribution in [3.05, 3.63) is 47.0 Å². The van der Waals surface area contributed by atoms with E-state index in [9.17, 15) is 13.6 Å². The second kappa shape index (κ2) is 11.6. The van der Waals surface area contributed by atoms with E-state index in [0.29, 0.717) is 80.6 Å². The molecule has 4 heterocycles. The summed E-state index contributed by atoms with van der Waals surface area (Å²) in [5.74, 6) is -3.21. The minimum Gasteiger partial charge on any atom is -0.479 e. The number of amides is 1. The summed E-state index contributed by atoms with van der Waals surface area (Å²) in [6, 6.07) is 5.12. The van der Waals surface area contributed by atoms with Crippen LogP contribution >= 0.6 is 0 Å². The number of alkyl halides is 2. The highest BCUT2D eigenvalue weighted by molar-refractivity contribution is 5.91. The monoisotopic (exact) mass is 574 g/mol. The van der Waals surface area contributed by atoms with Gasteiger partial charge >= 0.3 is 0 Å². The van der Waals surface area contributed by atoms with Crippen molar-refractivity contribution in [3.8, 4) is 5.88 Å². The minimum atomic E-state index is -3.32. The van der Waals surface area contributed by atoms with Crippen molar-refractivity contribution in [2.45, 2.75) is 38.8 Å². The summed E-state index contributed by atoms with van der Waals surface area (Å²) in [4.78, 5) is 30.3. The van der Waals surface area contributed by atoms with Gasteiger partial charge in [-0.3, -0.25) is 4.79 Å². The van der Waals surface area contributed by atoms with E-state index in [-0.39, 0.29) is 18.1 Å². The Hall–Kier alpha value is -3.71. The molecule has 3 aromatic rings. The fourth-order valence-corrected chi connectivity index (χ4v) is 5.13. The lowest BCUT2D eigenvalue weighted by molar-refractivity contribution is -0.158. The number of pyridine rings is 1. The number of ether oxygens (including phenoxy) is 3. The van der Waals surface area contributed by atoms with Crippen LogP contribution in [0.1, 0.15) is 36.8 Å². The molecule has 10 nitrogen and oxygen atoms in total. The van der Waals surface area contributed by atoms with Gasteiger partial charge in [0.15, 0.2) is 11.8 Å². The van der Waals surface area contributed by atoms with E-state index >= 15 is 4.39 Å². The van der Waals surface area contributed by atoms with Gasteiger partial charge in [-0.05, 0) is 19.9 Å². The highest BCUT2D eigenvalue weighted by Gasteiger charge is 2.32. The third kappa shape index (κ3) is 6.01. The quantitative estimate of drug-likeness (QED) is 0.451. The number of carbonyl (C=O) groups excluding carboxylic acids is 1. The number of hydrogen-bond acceptors (Lipinski definition) is 9. The summed E-state index contributed by atoms with van der Waals surface area (Å²) in [6.07, 6.45) is -0.586. The van der Waals surface area contributed by atoms with Crippen LogP contribution in [-0.2, 0) is 20.2 Å². The number of rotatable bonds is 7. The number of carbonyl (C=O) groups is 1. The molecule has 1 aromatic carbocycles. The first kappa shape index (κ1) is 28.8. The standard InChI is InChI=1S/C28H33F3N6O4/c1-16(18-6-5-7-20(23(18)29)28(3,30)31)32-24-19-14-21(26(39-4)35-25(19)34-17(2)33-24)36-8-10-37(11-9-36)27(38)22-15-40-12-13-41-22/h5-7,14,16,22H,8-13,15H2,1-4H3,(H,32,33,34,35)/t16-,22+/m1/s1. The van der Waals surface area contributed by atoms with Crippen LogP contribution in [0, 0.1) is 12.7 Å². The van der Waals surface area contributed by atoms with Gasteiger partial charge in [-0.2, -0.15) is 4.98 Å². The zero-order chi connectivity index (χ0) is 29.3. The second-order valence-corrected chi connectivity index (χ2v) is 10.2. The second-order valence-electron chi connectivity index (χ2n) is 10.2. The Morgan fingerprint density at radius 1 is 1.17 bits per heavy atom. The highest BCUT2D eigenvalue weighted by atomic mass is 19.3. The van der Waals surface area contributed by atoms with E-state index < -0.39 is 29.4 Å². The molecule has 0 bridgehead atoms. The van der Waals surface area contributed by atoms with Crippen molar-refractivity contribution in [1.29, 1.82) is 0 Å². The molecule has 2 saturated heterocycles. The molecule has 220 valence electrons. The fourth-order valence-electron chi connectivity index (χ4n) is 5.13. The lowest BCUT2D eigenvalue weighted by Gasteiger charge is -2.38. The zero-order valence-electron chi connectivity index (χ0n) is 23.4. The number of nitrogens with zero attached hydrogens (tertiary/aromatic N) is 5. The summed E-state index contributed by atoms with van der Waals surface area (Å²) < 4.78 is 59.6. The molecule has 41 heavy (non-hydrogen) atoms. The number of hydrogen-bond donors (Lipinski definition) is 1. The zero-order valence-corrected chi connectivity index (χ0v) is 23.4. The maximum Gasteiger partial charge on any atom is 0.273 e. The fraction of sp³-hybridized carbons (Fsp3) is 0.500. The molecule has 0 saturated carbocycles. The van der Waals surface area contributed by atoms with E-state index in [4.69, 9.17) is 14.2 Å². The average molecular weight is 575 g/mol. The number of nitrogens with one attached hydrogen (secondary N) is 1. The van der Waals surface area contributed by atoms with Crippen molar-refractivity contribution in [2.75, 3.05) is 63.3 Å². The molecule has 5 rings (SSSR count). The number of benzene rings is 1. The van der Waals surface area contributed by atoms with Crippen LogP contribution in [0.15, 0.2) is 24.3 Å². The summed E-state index contributed by atoms with van der Waals surface area (Å²) in [7, 11) is 1.52. The molecule has 2 atom stereocenters. The van der Waals surface area contributed by atoms with Crippen molar-refractivity contribution in [2.24, 2.45) is 0 Å². The average Bonchev–Trinajstić information content (AvgIpc) is 2.96. The molecule has 13 heteroatoms. The third-order valence-electron chi connectivity index (χ3n) is 7.28. The number of aromatic nitrogens is 3. The number of methoxy groups -OCH3 is 1. The molecule has 1 N–H and O–H groups in total. The highest BCUT2D eigenvalue weighted by Crippen LogP contribution is 2.36. The van der Waals surface area contributed by atoms with Gasteiger partial charge in [0.05, 0.1) is 43.9 Å². The predicted octanol–water partition coefficient (Wildman–Crippen LogP) is 3.83. The van der Waals surface area contributed by atoms with Crippen LogP contribution in [0.3, 0.4) is 0 Å². The number of piperazine rings is 1. The van der Waals surface area contributed by atoms with Gasteiger partial charge < -0.3 is 29.3 Å². The smallest absolute Gasteiger partial charge is 0.273 e. The first-order valence-electron chi connectivity index (χ1n) is 13.5. The first-order chi connectivity index (χ1) is 19.6. The molecular formula is C28H33F3N6O4. The number of aryl methyl sites for hydroxylation is 1. The molecular weight excluding hydrogens is 541 g/mol. The molecule has 2 aromatic heterocycles. The summed E-state index contributed by atoms with van der Waals surface area (Å²) in [5.41, 5.74) is 0.473. The van der Waals surface area contributed by atoms with Gasteiger partial charge in [-0.15, -0.1) is 0 Å². The van der Waals surface area contributed by atoms with Crippen LogP contribution in [0.25, 0.3) is 11.0 Å². The largest absolute Gasteiger partial charge is 0.479 e. The van der Waals surface area contributed by atoms with E-state index in [1.165, 1.54) is 19.2 Å². The van der Waals surface area contributed by atoms with Gasteiger partial charge in [0.1, 0.15) is 23.1 Å². The van der Waals surface area contributed by atoms with Crippen LogP contribution in [0.4, 0.5) is 24.7 Å². The maximum absolute atomic E-state index is 15.1. The Kier molecular flexibility index (Phi) is 8.18. The van der Waals surface area contributed by atoms with Crippen molar-refractivity contribution in [3.63, 3.8) is 0 Å². The number of halogens is 3. The van der Waals surface area contributed by atoms with Gasteiger partial charge in [-0.25, -0.2) is 23.1 Å². The number of anilines is 2. The molecule has 0 aliphatic carbocycles. The predicted molar refractivity (Wildman–Crippen MR) is 146 cm³/mol. The van der Waals surface area contributed by atoms with Gasteiger partial charge in [0, 0.05) is 38.7 Å². The Labute approximate surface area is 235 Å². The number of fused-ring (bicyclic) bond motifs is 1. The van der Waals surface area contributed by atoms with Crippen molar-refractivity contribution >= 4 is 28.4 Å². The minimum absolute atomic E-state index is 0.0864. The topological polar surface area (TPSA) is 102 Å². The summed E-state index contributed by atoms with van der Waals surface area (Å²) in [5, 5.41) is 3.73. The Morgan fingerprint density at radius 2 is 1.93 bits per heavy atom. The van der Waals surface area contributed by atoms with Crippen LogP contribution in [0.5, 0.6) is 5.88 Å². The lowest BCUT2D eigenvalue weighted by atomic mass is 10.0. The summed E-state index contributed by atoms with van der Waals surface area (Å²) >= 11 is 0. The molecule has 0 spiro atoms. The van der Waals surface area contributed by atoms with E-state index in [1.807, 2.05) is 6.07 Å². The SMILES string of the molecule is COc1nc2nc(C)nc(N[C@H](C)c3cccc(C(C)(F)F)c3F)c2cc1N1CCN(C(=O)[C@@H]2COCCO2)CC1. The molecule has 2 aliphatic heterocycles. The maximum atomic E-state index is 15.1. The van der Waals surface area contributed by atoms with Gasteiger partial charge in [-0.1, -0.05) is 18.2 Å². The lowest BCUT2D eigenvalue weighted by Crippen LogP contribution is -2.53. The summed E-state index contributed by atoms with van der Waals surface area (Å²) in [6.45, 7) is 7.19. The third-order valence-corrected chi connectivity index (χ3v) is 7.28. The van der Waals surface area contributed by atoms with Crippen LogP contribution in [0.2, 0.25) is 0 Å². The Morgan fingerprint density at radius 3 is 2.59 bits per heavy atom. The van der Waals surface area contributed by atoms with E-state index in [2.05, 4.69) is 25.2 Å². The van der Waals surface area contributed by atoms with Crippen LogP contribution in [-0.4, -0.2) is 85.0 Å². The van der Waals surface area contributed by atoms with E-state index in [0.717, 1.165) is 6.07 Å². The van der Waals surface area contributed by atoms with Gasteiger partial charge in [0.2, 0.25) is 5.88 Å². The molecule has 0 radical (unpaired) electrons. The molecule has 1 amide bonds. The van der Waals surface area contributed by atoms with Crippen LogP contribution < -0.4 is 15.0 Å². The van der Waals surface area contributed by atoms with Gasteiger partial charge in [0.25, 0.3) is 11.8 Å². The molecule has 2 fully saturated rings. The normalized spacial score (nSPS) is 18.9. The van der Waals surface area contributed by atoms with Crippen molar-refractivity contribution in [1.82, 2.24) is 19.9 Å². The Bertz CT molecular complexity index is 1420. The molecule has 2 aliphatic rings. The molecule has 0 unspecified atom stereocenters. The Balaban J connectivity index is 1.41.